The number of aryl methyl sites for hydroxylation is 1. The molecule has 88 valence electrons. The van der Waals surface area contributed by atoms with Crippen LogP contribution in [0.25, 0.3) is 11.1 Å². The Kier molecular flexibility index (Phi) is 3.45. The number of halogens is 1. The van der Waals surface area contributed by atoms with Gasteiger partial charge in [-0.2, -0.15) is 5.10 Å². The van der Waals surface area contributed by atoms with Gasteiger partial charge >= 0.3 is 0 Å². The number of aromatic amines is 1. The molecule has 3 nitrogen and oxygen atoms in total. The first-order valence-electron chi connectivity index (χ1n) is 5.02. The van der Waals surface area contributed by atoms with Gasteiger partial charge in [-0.1, -0.05) is 35.4 Å². The van der Waals surface area contributed by atoms with Gasteiger partial charge in [-0.05, 0) is 25.1 Å². The average Bonchev–Trinajstić information content (AvgIpc) is 2.32. The lowest BCUT2D eigenvalue weighted by Crippen LogP contribution is -1.92. The van der Waals surface area contributed by atoms with E-state index in [1.165, 1.54) is 0 Å². The van der Waals surface area contributed by atoms with Crippen molar-refractivity contribution < 1.29 is 4.74 Å². The van der Waals surface area contributed by atoms with Crippen LogP contribution >= 0.6 is 23.8 Å². The summed E-state index contributed by atoms with van der Waals surface area (Å²) < 4.78 is 5.87. The van der Waals surface area contributed by atoms with Crippen molar-refractivity contribution in [3.8, 4) is 16.9 Å². The lowest BCUT2D eigenvalue weighted by atomic mass is 10.0. The normalized spacial score (nSPS) is 10.3. The van der Waals surface area contributed by atoms with Crippen molar-refractivity contribution in [1.82, 2.24) is 10.2 Å². The number of rotatable bonds is 2. The summed E-state index contributed by atoms with van der Waals surface area (Å²) in [7, 11) is 1.63. The lowest BCUT2D eigenvalue weighted by molar-refractivity contribution is 0.416. The Bertz CT molecular complexity index is 610. The molecule has 0 saturated heterocycles. The summed E-state index contributed by atoms with van der Waals surface area (Å²) in [6.07, 6.45) is 0. The second-order valence-corrected chi connectivity index (χ2v) is 4.43. The Morgan fingerprint density at radius 3 is 2.76 bits per heavy atom. The minimum atomic E-state index is 0.372. The summed E-state index contributed by atoms with van der Waals surface area (Å²) in [6, 6.07) is 7.64. The largest absolute Gasteiger partial charge is 0.496 e. The number of hydrogen-bond acceptors (Lipinski definition) is 3. The quantitative estimate of drug-likeness (QED) is 0.841. The smallest absolute Gasteiger partial charge is 0.150 e. The molecule has 2 rings (SSSR count). The average molecular weight is 267 g/mol. The van der Waals surface area contributed by atoms with E-state index in [0.29, 0.717) is 9.79 Å². The molecule has 2 aromatic rings. The van der Waals surface area contributed by atoms with Gasteiger partial charge < -0.3 is 4.74 Å². The summed E-state index contributed by atoms with van der Waals surface area (Å²) in [5, 5.41) is 6.93. The van der Waals surface area contributed by atoms with Crippen LogP contribution in [0.15, 0.2) is 24.3 Å². The van der Waals surface area contributed by atoms with Crippen LogP contribution in [-0.4, -0.2) is 17.3 Å². The van der Waals surface area contributed by atoms with Crippen LogP contribution in [0.1, 0.15) is 5.56 Å². The van der Waals surface area contributed by atoms with Gasteiger partial charge in [0.15, 0.2) is 0 Å². The van der Waals surface area contributed by atoms with Crippen LogP contribution in [0.3, 0.4) is 0 Å². The van der Waals surface area contributed by atoms with Gasteiger partial charge in [0.25, 0.3) is 0 Å². The van der Waals surface area contributed by atoms with Gasteiger partial charge in [-0.15, -0.1) is 0 Å². The summed E-state index contributed by atoms with van der Waals surface area (Å²) in [6.45, 7) is 2.01. The Morgan fingerprint density at radius 1 is 1.29 bits per heavy atom. The third kappa shape index (κ3) is 2.48. The highest BCUT2D eigenvalue weighted by molar-refractivity contribution is 7.71. The molecule has 0 bridgehead atoms. The molecule has 5 heteroatoms. The zero-order chi connectivity index (χ0) is 12.4. The first kappa shape index (κ1) is 12.1. The predicted octanol–water partition coefficient (Wildman–Crippen LogP) is 3.78. The molecule has 0 saturated carbocycles. The molecule has 0 aliphatic rings. The molecule has 0 atom stereocenters. The van der Waals surface area contributed by atoms with E-state index in [1.807, 2.05) is 25.1 Å². The minimum Gasteiger partial charge on any atom is -0.496 e. The molecule has 0 spiro atoms. The van der Waals surface area contributed by atoms with Crippen molar-refractivity contribution in [3.63, 3.8) is 0 Å². The van der Waals surface area contributed by atoms with Crippen molar-refractivity contribution in [1.29, 1.82) is 0 Å². The van der Waals surface area contributed by atoms with Crippen LogP contribution in [0.2, 0.25) is 5.15 Å². The molecule has 0 aliphatic carbocycles. The topological polar surface area (TPSA) is 37.9 Å². The molecular weight excluding hydrogens is 256 g/mol. The second kappa shape index (κ2) is 4.85. The van der Waals surface area contributed by atoms with E-state index in [4.69, 9.17) is 28.6 Å². The third-order valence-electron chi connectivity index (χ3n) is 2.42. The predicted molar refractivity (Wildman–Crippen MR) is 71.2 cm³/mol. The van der Waals surface area contributed by atoms with Gasteiger partial charge in [0.1, 0.15) is 15.5 Å². The number of hydrogen-bond donors (Lipinski definition) is 1. The fourth-order valence-corrected chi connectivity index (χ4v) is 1.98. The van der Waals surface area contributed by atoms with E-state index >= 15 is 0 Å². The standard InChI is InChI=1S/C12H11ClN2OS/c1-7-3-4-10(16-2)8(5-7)9-6-11(13)14-15-12(9)17/h3-6H,1-2H3,(H,15,17). The molecule has 0 aliphatic heterocycles. The fourth-order valence-electron chi connectivity index (χ4n) is 1.61. The Labute approximate surface area is 109 Å². The zero-order valence-electron chi connectivity index (χ0n) is 9.45. The number of H-pyrrole nitrogens is 1. The fraction of sp³-hybridized carbons (Fsp3) is 0.167. The summed E-state index contributed by atoms with van der Waals surface area (Å²) in [5.41, 5.74) is 2.86. The third-order valence-corrected chi connectivity index (χ3v) is 2.92. The van der Waals surface area contributed by atoms with Gasteiger partial charge in [0.05, 0.1) is 7.11 Å². The molecule has 0 radical (unpaired) electrons. The first-order valence-corrected chi connectivity index (χ1v) is 5.80. The van der Waals surface area contributed by atoms with Crippen molar-refractivity contribution >= 4 is 23.8 Å². The van der Waals surface area contributed by atoms with E-state index in [-0.39, 0.29) is 0 Å². The number of benzene rings is 1. The molecule has 1 aromatic carbocycles. The molecule has 1 heterocycles. The van der Waals surface area contributed by atoms with Crippen molar-refractivity contribution in [2.45, 2.75) is 6.92 Å². The molecule has 0 fully saturated rings. The van der Waals surface area contributed by atoms with Crippen LogP contribution in [0, 0.1) is 11.6 Å². The highest BCUT2D eigenvalue weighted by atomic mass is 35.5. The maximum atomic E-state index is 5.87. The molecule has 0 unspecified atom stereocenters. The summed E-state index contributed by atoms with van der Waals surface area (Å²) in [5.74, 6) is 0.761. The van der Waals surface area contributed by atoms with Crippen molar-refractivity contribution in [3.05, 3.63) is 39.6 Å². The minimum absolute atomic E-state index is 0.372. The van der Waals surface area contributed by atoms with Crippen LogP contribution in [-0.2, 0) is 0 Å². The number of ether oxygens (including phenoxy) is 1. The maximum absolute atomic E-state index is 5.87. The SMILES string of the molecule is COc1ccc(C)cc1-c1cc(Cl)n[nH]c1=S. The highest BCUT2D eigenvalue weighted by Gasteiger charge is 2.09. The van der Waals surface area contributed by atoms with Crippen LogP contribution < -0.4 is 4.74 Å². The molecular formula is C12H11ClN2OS. The van der Waals surface area contributed by atoms with Gasteiger partial charge in [0, 0.05) is 11.1 Å². The first-order chi connectivity index (χ1) is 8.11. The van der Waals surface area contributed by atoms with E-state index in [0.717, 1.165) is 22.4 Å². The molecule has 17 heavy (non-hydrogen) atoms. The van der Waals surface area contributed by atoms with Crippen molar-refractivity contribution in [2.75, 3.05) is 7.11 Å². The monoisotopic (exact) mass is 266 g/mol. The van der Waals surface area contributed by atoms with Crippen LogP contribution in [0.5, 0.6) is 5.75 Å². The van der Waals surface area contributed by atoms with E-state index in [2.05, 4.69) is 10.2 Å². The second-order valence-electron chi connectivity index (χ2n) is 3.64. The van der Waals surface area contributed by atoms with E-state index in [1.54, 1.807) is 13.2 Å². The summed E-state index contributed by atoms with van der Waals surface area (Å²) in [4.78, 5) is 0. The molecule has 1 N–H and O–H groups in total. The number of nitrogens with one attached hydrogen (secondary N) is 1. The Morgan fingerprint density at radius 2 is 2.06 bits per heavy atom. The molecule has 1 aromatic heterocycles. The van der Waals surface area contributed by atoms with Gasteiger partial charge in [-0.25, -0.2) is 0 Å². The van der Waals surface area contributed by atoms with Gasteiger partial charge in [-0.3, -0.25) is 5.10 Å². The summed E-state index contributed by atoms with van der Waals surface area (Å²) >= 11 is 11.1. The maximum Gasteiger partial charge on any atom is 0.150 e. The Hall–Kier alpha value is -1.39. The number of nitrogens with zero attached hydrogens (tertiary/aromatic N) is 1. The van der Waals surface area contributed by atoms with Crippen LogP contribution in [0.4, 0.5) is 0 Å². The van der Waals surface area contributed by atoms with E-state index in [9.17, 15) is 0 Å². The van der Waals surface area contributed by atoms with Crippen molar-refractivity contribution in [2.24, 2.45) is 0 Å². The zero-order valence-corrected chi connectivity index (χ0v) is 11.0. The van der Waals surface area contributed by atoms with E-state index < -0.39 is 0 Å². The molecule has 0 amide bonds. The van der Waals surface area contributed by atoms with Gasteiger partial charge in [0.2, 0.25) is 0 Å². The number of methoxy groups -OCH3 is 1. The number of aromatic nitrogens is 2. The highest BCUT2D eigenvalue weighted by Crippen LogP contribution is 2.31. The lowest BCUT2D eigenvalue weighted by Gasteiger charge is -2.09. The Balaban J connectivity index is 2.71.